The average Bonchev–Trinajstić information content (AvgIpc) is 3.23. The highest BCUT2D eigenvalue weighted by Crippen LogP contribution is 2.47. The highest BCUT2D eigenvalue weighted by molar-refractivity contribution is 5.95. The fourth-order valence-corrected chi connectivity index (χ4v) is 2.38. The lowest BCUT2D eigenvalue weighted by Crippen LogP contribution is -2.15. The molecule has 0 aliphatic heterocycles. The first-order valence-electron chi connectivity index (χ1n) is 6.49. The second-order valence-corrected chi connectivity index (χ2v) is 5.01. The summed E-state index contributed by atoms with van der Waals surface area (Å²) in [7, 11) is 0. The van der Waals surface area contributed by atoms with E-state index >= 15 is 0 Å². The van der Waals surface area contributed by atoms with E-state index in [-0.39, 0.29) is 29.2 Å². The number of carbonyl (C=O) groups is 1. The van der Waals surface area contributed by atoms with Gasteiger partial charge in [0.1, 0.15) is 11.6 Å². The summed E-state index contributed by atoms with van der Waals surface area (Å²) in [5.74, 6) is -0.852. The van der Waals surface area contributed by atoms with Crippen LogP contribution in [0.3, 0.4) is 0 Å². The van der Waals surface area contributed by atoms with Gasteiger partial charge in [-0.1, -0.05) is 30.3 Å². The molecule has 0 aromatic heterocycles. The Hall–Kier alpha value is -2.36. The Bertz CT molecular complexity index is 642. The van der Waals surface area contributed by atoms with Crippen LogP contribution in [0.25, 0.3) is 0 Å². The number of amides is 1. The van der Waals surface area contributed by atoms with Crippen molar-refractivity contribution in [1.82, 2.24) is 0 Å². The highest BCUT2D eigenvalue weighted by atomic mass is 19.1. The number of hydrogen-bond donors (Lipinski definition) is 2. The van der Waals surface area contributed by atoms with Gasteiger partial charge in [0.15, 0.2) is 0 Å². The molecule has 2 atom stereocenters. The summed E-state index contributed by atoms with van der Waals surface area (Å²) in [6, 6.07) is 13.5. The molecule has 0 heterocycles. The number of phenols is 1. The molecule has 0 saturated heterocycles. The van der Waals surface area contributed by atoms with Gasteiger partial charge in [0, 0.05) is 12.0 Å². The predicted octanol–water partition coefficient (Wildman–Crippen LogP) is 3.27. The van der Waals surface area contributed by atoms with Crippen LogP contribution in [0, 0.1) is 11.7 Å². The van der Waals surface area contributed by atoms with Crippen LogP contribution in [0.1, 0.15) is 17.9 Å². The van der Waals surface area contributed by atoms with E-state index < -0.39 is 5.82 Å². The predicted molar refractivity (Wildman–Crippen MR) is 74.0 cm³/mol. The van der Waals surface area contributed by atoms with Gasteiger partial charge in [0.2, 0.25) is 5.91 Å². The largest absolute Gasteiger partial charge is 0.508 e. The second kappa shape index (κ2) is 4.96. The minimum atomic E-state index is -0.629. The third kappa shape index (κ3) is 2.50. The molecule has 1 amide bonds. The molecule has 0 radical (unpaired) electrons. The topological polar surface area (TPSA) is 49.3 Å². The van der Waals surface area contributed by atoms with Gasteiger partial charge in [-0.25, -0.2) is 4.39 Å². The van der Waals surface area contributed by atoms with Crippen molar-refractivity contribution in [3.63, 3.8) is 0 Å². The van der Waals surface area contributed by atoms with Gasteiger partial charge in [-0.15, -0.1) is 0 Å². The molecule has 0 bridgehead atoms. The maximum atomic E-state index is 13.5. The Morgan fingerprint density at radius 3 is 2.65 bits per heavy atom. The quantitative estimate of drug-likeness (QED) is 0.842. The van der Waals surface area contributed by atoms with E-state index in [1.54, 1.807) is 0 Å². The van der Waals surface area contributed by atoms with Crippen molar-refractivity contribution in [2.75, 3.05) is 5.32 Å². The maximum Gasteiger partial charge on any atom is 0.228 e. The van der Waals surface area contributed by atoms with Crippen molar-refractivity contribution in [2.24, 2.45) is 5.92 Å². The molecule has 2 aromatic carbocycles. The zero-order valence-electron chi connectivity index (χ0n) is 10.7. The standard InChI is InChI=1S/C16H14FNO2/c17-14-8-11(19)6-7-15(14)18-16(20)13-9-12(13)10-4-2-1-3-5-10/h1-8,12-13,19H,9H2,(H,18,20). The zero-order chi connectivity index (χ0) is 14.1. The third-order valence-corrected chi connectivity index (χ3v) is 3.57. The van der Waals surface area contributed by atoms with Crippen LogP contribution < -0.4 is 5.32 Å². The summed E-state index contributed by atoms with van der Waals surface area (Å²) in [5, 5.41) is 11.7. The van der Waals surface area contributed by atoms with E-state index in [4.69, 9.17) is 5.11 Å². The Morgan fingerprint density at radius 2 is 1.95 bits per heavy atom. The van der Waals surface area contributed by atoms with Gasteiger partial charge in [0.25, 0.3) is 0 Å². The summed E-state index contributed by atoms with van der Waals surface area (Å²) in [5.41, 5.74) is 1.24. The minimum absolute atomic E-state index is 0.103. The van der Waals surface area contributed by atoms with Crippen molar-refractivity contribution in [2.45, 2.75) is 12.3 Å². The molecule has 102 valence electrons. The van der Waals surface area contributed by atoms with Gasteiger partial charge < -0.3 is 10.4 Å². The van der Waals surface area contributed by atoms with Crippen LogP contribution in [0.5, 0.6) is 5.75 Å². The molecule has 2 N–H and O–H groups in total. The summed E-state index contributed by atoms with van der Waals surface area (Å²) in [4.78, 5) is 12.1. The molecule has 1 aliphatic carbocycles. The van der Waals surface area contributed by atoms with Crippen molar-refractivity contribution in [1.29, 1.82) is 0 Å². The molecule has 3 rings (SSSR count). The van der Waals surface area contributed by atoms with Crippen molar-refractivity contribution in [3.8, 4) is 5.75 Å². The normalized spacial score (nSPS) is 20.4. The first-order chi connectivity index (χ1) is 9.65. The molecule has 3 nitrogen and oxygen atoms in total. The Balaban J connectivity index is 1.67. The smallest absolute Gasteiger partial charge is 0.228 e. The van der Waals surface area contributed by atoms with E-state index in [0.29, 0.717) is 0 Å². The first kappa shape index (κ1) is 12.7. The molecule has 1 aliphatic rings. The highest BCUT2D eigenvalue weighted by Gasteiger charge is 2.43. The number of rotatable bonds is 3. The number of phenolic OH excluding ortho intramolecular Hbond substituents is 1. The Kier molecular flexibility index (Phi) is 3.14. The maximum absolute atomic E-state index is 13.5. The van der Waals surface area contributed by atoms with Gasteiger partial charge >= 0.3 is 0 Å². The molecular formula is C16H14FNO2. The van der Waals surface area contributed by atoms with Gasteiger partial charge in [-0.2, -0.15) is 0 Å². The lowest BCUT2D eigenvalue weighted by atomic mass is 10.1. The lowest BCUT2D eigenvalue weighted by Gasteiger charge is -2.06. The third-order valence-electron chi connectivity index (χ3n) is 3.57. The molecule has 1 saturated carbocycles. The fourth-order valence-electron chi connectivity index (χ4n) is 2.38. The molecule has 4 heteroatoms. The monoisotopic (exact) mass is 271 g/mol. The number of anilines is 1. The first-order valence-corrected chi connectivity index (χ1v) is 6.49. The Labute approximate surface area is 116 Å². The molecular weight excluding hydrogens is 257 g/mol. The second-order valence-electron chi connectivity index (χ2n) is 5.01. The van der Waals surface area contributed by atoms with Crippen LogP contribution in [0.2, 0.25) is 0 Å². The summed E-state index contributed by atoms with van der Waals surface area (Å²) in [6.07, 6.45) is 0.787. The van der Waals surface area contributed by atoms with E-state index in [1.807, 2.05) is 30.3 Å². The van der Waals surface area contributed by atoms with E-state index in [2.05, 4.69) is 5.32 Å². The number of nitrogens with one attached hydrogen (secondary N) is 1. The average molecular weight is 271 g/mol. The minimum Gasteiger partial charge on any atom is -0.508 e. The van der Waals surface area contributed by atoms with Crippen LogP contribution in [-0.4, -0.2) is 11.0 Å². The number of halogens is 1. The van der Waals surface area contributed by atoms with Gasteiger partial charge in [-0.3, -0.25) is 4.79 Å². The van der Waals surface area contributed by atoms with Crippen LogP contribution >= 0.6 is 0 Å². The van der Waals surface area contributed by atoms with Crippen molar-refractivity contribution >= 4 is 11.6 Å². The summed E-state index contributed by atoms with van der Waals surface area (Å²) < 4.78 is 13.5. The van der Waals surface area contributed by atoms with E-state index in [9.17, 15) is 9.18 Å². The van der Waals surface area contributed by atoms with Gasteiger partial charge in [-0.05, 0) is 30.0 Å². The summed E-state index contributed by atoms with van der Waals surface area (Å²) in [6.45, 7) is 0. The zero-order valence-corrected chi connectivity index (χ0v) is 10.7. The van der Waals surface area contributed by atoms with E-state index in [1.165, 1.54) is 12.1 Å². The van der Waals surface area contributed by atoms with E-state index in [0.717, 1.165) is 18.1 Å². The van der Waals surface area contributed by atoms with Crippen LogP contribution in [0.15, 0.2) is 48.5 Å². The molecule has 20 heavy (non-hydrogen) atoms. The van der Waals surface area contributed by atoms with Crippen molar-refractivity contribution in [3.05, 3.63) is 59.9 Å². The number of carbonyl (C=O) groups excluding carboxylic acids is 1. The molecule has 0 spiro atoms. The van der Waals surface area contributed by atoms with Gasteiger partial charge in [0.05, 0.1) is 5.69 Å². The molecule has 1 fully saturated rings. The fraction of sp³-hybridized carbons (Fsp3) is 0.188. The summed E-state index contributed by atoms with van der Waals surface area (Å²) >= 11 is 0. The Morgan fingerprint density at radius 1 is 1.20 bits per heavy atom. The molecule has 2 aromatic rings. The van der Waals surface area contributed by atoms with Crippen molar-refractivity contribution < 1.29 is 14.3 Å². The number of hydrogen-bond acceptors (Lipinski definition) is 2. The van der Waals surface area contributed by atoms with Crippen LogP contribution in [0.4, 0.5) is 10.1 Å². The molecule has 2 unspecified atom stereocenters. The number of benzene rings is 2. The number of aromatic hydroxyl groups is 1. The SMILES string of the molecule is O=C(Nc1ccc(O)cc1F)C1CC1c1ccccc1. The lowest BCUT2D eigenvalue weighted by molar-refractivity contribution is -0.117. The van der Waals surface area contributed by atoms with Crippen LogP contribution in [-0.2, 0) is 4.79 Å².